The van der Waals surface area contributed by atoms with Crippen LogP contribution in [0, 0.1) is 11.6 Å². The number of hydrogen-bond donors (Lipinski definition) is 1. The van der Waals surface area contributed by atoms with E-state index in [1.807, 2.05) is 6.07 Å². The molecule has 0 unspecified atom stereocenters. The number of carbonyl (C=O) groups is 3. The molecule has 0 saturated carbocycles. The fourth-order valence-electron chi connectivity index (χ4n) is 5.08. The van der Waals surface area contributed by atoms with Gasteiger partial charge in [-0.3, -0.25) is 24.2 Å². The quantitative estimate of drug-likeness (QED) is 0.199. The lowest BCUT2D eigenvalue weighted by Gasteiger charge is -2.16. The van der Waals surface area contributed by atoms with Gasteiger partial charge in [0, 0.05) is 56.0 Å². The molecule has 248 valence electrons. The Balaban J connectivity index is 1.27. The van der Waals surface area contributed by atoms with E-state index in [-0.39, 0.29) is 54.5 Å². The molecule has 0 spiro atoms. The number of aliphatic imine (C=N–C) groups is 1. The average molecular weight is 658 g/mol. The maximum atomic E-state index is 14.1. The molecule has 1 aliphatic rings. The first-order valence-electron chi connectivity index (χ1n) is 15.1. The predicted octanol–water partition coefficient (Wildman–Crippen LogP) is 4.36. The van der Waals surface area contributed by atoms with Crippen LogP contribution in [-0.2, 0) is 35.6 Å². The van der Waals surface area contributed by atoms with Crippen LogP contribution in [0.5, 0.6) is 5.75 Å². The van der Waals surface area contributed by atoms with Crippen LogP contribution in [0.1, 0.15) is 40.2 Å². The number of fused-ring (bicyclic) bond motifs is 1. The van der Waals surface area contributed by atoms with Gasteiger partial charge in [0.05, 0.1) is 18.8 Å². The van der Waals surface area contributed by atoms with Crippen molar-refractivity contribution >= 4 is 29.0 Å². The number of benzene rings is 2. The lowest BCUT2D eigenvalue weighted by molar-refractivity contribution is -0.123. The number of nitrogens with zero attached hydrogens (tertiary/aromatic N) is 4. The number of oxazole rings is 1. The average Bonchev–Trinajstić information content (AvgIpc) is 3.74. The number of ketones is 1. The number of allylic oxidation sites excluding steroid dienone is 1. The summed E-state index contributed by atoms with van der Waals surface area (Å²) < 4.78 is 39.7. The van der Waals surface area contributed by atoms with Crippen molar-refractivity contribution in [1.82, 2.24) is 19.8 Å². The number of nitrogens with one attached hydrogen (secondary N) is 1. The van der Waals surface area contributed by atoms with Gasteiger partial charge in [-0.25, -0.2) is 13.8 Å². The summed E-state index contributed by atoms with van der Waals surface area (Å²) >= 11 is 0. The lowest BCUT2D eigenvalue weighted by atomic mass is 10.0. The standard InChI is InChI=1S/C35H33F2N5O6/c1-41(2)31(44)11-4-3-9-28(40-33(45)34-38-14-16-47-34)29(43)18-23-8-6-15-42(35(23)46)20-26-17-22-7-5-10-30(32(22)39-26)48-21-24-12-13-25(36)19-27(24)37/h4-8,10-16,19,28H,3,9,17-18,20-21H2,1-2H3,(H,40,45)/b11-4+/t28-/m0/s1. The van der Waals surface area contributed by atoms with Gasteiger partial charge in [-0.1, -0.05) is 24.3 Å². The van der Waals surface area contributed by atoms with Gasteiger partial charge < -0.3 is 23.9 Å². The highest BCUT2D eigenvalue weighted by Crippen LogP contribution is 2.37. The fraction of sp³-hybridized carbons (Fsp3) is 0.257. The maximum Gasteiger partial charge on any atom is 0.307 e. The number of hydrogen-bond acceptors (Lipinski definition) is 8. The molecule has 0 aliphatic carbocycles. The first-order valence-corrected chi connectivity index (χ1v) is 15.1. The Hall–Kier alpha value is -5.72. The molecule has 2 aromatic heterocycles. The van der Waals surface area contributed by atoms with Gasteiger partial charge in [-0.2, -0.15) is 0 Å². The second-order valence-electron chi connectivity index (χ2n) is 11.3. The summed E-state index contributed by atoms with van der Waals surface area (Å²) in [5.74, 6) is -2.46. The van der Waals surface area contributed by atoms with E-state index in [1.165, 1.54) is 34.1 Å². The molecule has 3 heterocycles. The molecule has 4 aromatic rings. The molecule has 0 fully saturated rings. The van der Waals surface area contributed by atoms with Crippen LogP contribution >= 0.6 is 0 Å². The van der Waals surface area contributed by atoms with Crippen LogP contribution in [0.3, 0.4) is 0 Å². The topological polar surface area (TPSA) is 136 Å². The Morgan fingerprint density at radius 3 is 2.71 bits per heavy atom. The normalized spacial score (nSPS) is 12.8. The zero-order valence-electron chi connectivity index (χ0n) is 26.3. The molecule has 0 radical (unpaired) electrons. The lowest BCUT2D eigenvalue weighted by Crippen LogP contribution is -2.42. The first-order chi connectivity index (χ1) is 23.1. The van der Waals surface area contributed by atoms with Crippen LogP contribution in [0.25, 0.3) is 0 Å². The molecular weight excluding hydrogens is 624 g/mol. The van der Waals surface area contributed by atoms with Crippen LogP contribution in [-0.4, -0.2) is 57.9 Å². The molecule has 48 heavy (non-hydrogen) atoms. The van der Waals surface area contributed by atoms with Gasteiger partial charge in [0.2, 0.25) is 5.91 Å². The van der Waals surface area contributed by atoms with Gasteiger partial charge in [-0.15, -0.1) is 0 Å². The summed E-state index contributed by atoms with van der Waals surface area (Å²) in [5.41, 5.74) is 2.16. The van der Waals surface area contributed by atoms with Crippen molar-refractivity contribution in [2.24, 2.45) is 4.99 Å². The summed E-state index contributed by atoms with van der Waals surface area (Å²) in [6, 6.07) is 10.9. The maximum absolute atomic E-state index is 14.1. The Bertz CT molecular complexity index is 1930. The third-order valence-corrected chi connectivity index (χ3v) is 7.61. The third-order valence-electron chi connectivity index (χ3n) is 7.61. The number of halogens is 2. The van der Waals surface area contributed by atoms with Gasteiger partial charge >= 0.3 is 5.91 Å². The summed E-state index contributed by atoms with van der Waals surface area (Å²) in [7, 11) is 3.24. The van der Waals surface area contributed by atoms with Crippen molar-refractivity contribution in [2.45, 2.75) is 44.9 Å². The van der Waals surface area contributed by atoms with E-state index < -0.39 is 29.4 Å². The van der Waals surface area contributed by atoms with Crippen LogP contribution in [0.2, 0.25) is 0 Å². The van der Waals surface area contributed by atoms with E-state index in [0.29, 0.717) is 30.0 Å². The minimum atomic E-state index is -0.980. The molecule has 1 N–H and O–H groups in total. The summed E-state index contributed by atoms with van der Waals surface area (Å²) in [4.78, 5) is 61.4. The molecule has 0 bridgehead atoms. The number of ether oxygens (including phenoxy) is 1. The van der Waals surface area contributed by atoms with Crippen molar-refractivity contribution in [3.63, 3.8) is 0 Å². The monoisotopic (exact) mass is 657 g/mol. The van der Waals surface area contributed by atoms with Crippen LogP contribution < -0.4 is 15.6 Å². The zero-order chi connectivity index (χ0) is 34.2. The second-order valence-corrected chi connectivity index (χ2v) is 11.3. The molecule has 11 nitrogen and oxygen atoms in total. The summed E-state index contributed by atoms with van der Waals surface area (Å²) in [6.45, 7) is 0.0313. The Morgan fingerprint density at radius 2 is 1.96 bits per heavy atom. The highest BCUT2D eigenvalue weighted by Gasteiger charge is 2.25. The molecule has 1 atom stereocenters. The van der Waals surface area contributed by atoms with Crippen molar-refractivity contribution in [2.75, 3.05) is 14.1 Å². The van der Waals surface area contributed by atoms with Crippen LogP contribution in [0.4, 0.5) is 14.5 Å². The van der Waals surface area contributed by atoms with Gasteiger partial charge in [0.1, 0.15) is 35.9 Å². The van der Waals surface area contributed by atoms with E-state index in [2.05, 4.69) is 10.3 Å². The van der Waals surface area contributed by atoms with E-state index in [4.69, 9.17) is 14.1 Å². The molecule has 0 saturated heterocycles. The Kier molecular flexibility index (Phi) is 10.7. The summed E-state index contributed by atoms with van der Waals surface area (Å²) in [6.07, 6.45) is 7.85. The van der Waals surface area contributed by atoms with Gasteiger partial charge in [-0.05, 0) is 48.7 Å². The molecule has 13 heteroatoms. The van der Waals surface area contributed by atoms with Crippen molar-refractivity contribution in [3.8, 4) is 5.75 Å². The Morgan fingerprint density at radius 1 is 1.12 bits per heavy atom. The Labute approximate surface area is 274 Å². The number of Topliss-reactive ketones (excluding diaryl/α,β-unsaturated/α-hetero) is 1. The zero-order valence-corrected chi connectivity index (χ0v) is 26.3. The SMILES string of the molecule is CN(C)C(=O)/C=C/CC[C@H](NC(=O)c1ncco1)C(=O)Cc1cccn(CC2=Nc3c(cccc3OCc3ccc(F)cc3F)C2)c1=O. The molecule has 2 amide bonds. The summed E-state index contributed by atoms with van der Waals surface area (Å²) in [5, 5.41) is 2.63. The first kappa shape index (κ1) is 33.6. The molecule has 1 aliphatic heterocycles. The highest BCUT2D eigenvalue weighted by atomic mass is 19.1. The minimum Gasteiger partial charge on any atom is -0.487 e. The second kappa shape index (κ2) is 15.2. The molecular formula is C35H33F2N5O6. The predicted molar refractivity (Wildman–Crippen MR) is 172 cm³/mol. The van der Waals surface area contributed by atoms with Crippen molar-refractivity contribution in [1.29, 1.82) is 0 Å². The van der Waals surface area contributed by atoms with E-state index in [0.717, 1.165) is 17.7 Å². The third kappa shape index (κ3) is 8.35. The van der Waals surface area contributed by atoms with Crippen molar-refractivity contribution < 1.29 is 32.3 Å². The number of aromatic nitrogens is 2. The number of carbonyl (C=O) groups excluding carboxylic acids is 3. The van der Waals surface area contributed by atoms with E-state index in [1.54, 1.807) is 50.6 Å². The smallest absolute Gasteiger partial charge is 0.307 e. The minimum absolute atomic E-state index is 0.118. The van der Waals surface area contributed by atoms with E-state index in [9.17, 15) is 28.0 Å². The number of rotatable bonds is 14. The van der Waals surface area contributed by atoms with Crippen LogP contribution in [0.15, 0.2) is 93.5 Å². The molecule has 5 rings (SSSR count). The largest absolute Gasteiger partial charge is 0.487 e. The number of amides is 2. The highest BCUT2D eigenvalue weighted by molar-refractivity contribution is 5.96. The fourth-order valence-corrected chi connectivity index (χ4v) is 5.08. The number of likely N-dealkylation sites (N-methyl/N-ethyl adjacent to an activating group) is 1. The van der Waals surface area contributed by atoms with E-state index >= 15 is 0 Å². The van der Waals surface area contributed by atoms with Gasteiger partial charge in [0.25, 0.3) is 11.4 Å². The number of pyridine rings is 1. The number of para-hydroxylation sites is 1. The van der Waals surface area contributed by atoms with Crippen molar-refractivity contribution in [3.05, 3.63) is 124 Å². The van der Waals surface area contributed by atoms with Gasteiger partial charge in [0.15, 0.2) is 5.78 Å². The molecule has 2 aromatic carbocycles.